The molecule has 3 rings (SSSR count). The van der Waals surface area contributed by atoms with Crippen LogP contribution in [0.25, 0.3) is 0 Å². The average Bonchev–Trinajstić information content (AvgIpc) is 2.64. The van der Waals surface area contributed by atoms with E-state index in [2.05, 4.69) is 0 Å². The van der Waals surface area contributed by atoms with Crippen LogP contribution in [0.1, 0.15) is 19.4 Å². The number of amides is 1. The molecule has 0 spiro atoms. The summed E-state index contributed by atoms with van der Waals surface area (Å²) in [6.45, 7) is 2.42. The summed E-state index contributed by atoms with van der Waals surface area (Å²) in [6, 6.07) is 2.92. The fourth-order valence-corrected chi connectivity index (χ4v) is 2.52. The normalized spacial score (nSPS) is 22.1. The van der Waals surface area contributed by atoms with Crippen LogP contribution in [0.5, 0.6) is 11.5 Å². The van der Waals surface area contributed by atoms with E-state index < -0.39 is 24.6 Å². The second-order valence-corrected chi connectivity index (χ2v) is 6.73. The zero-order chi connectivity index (χ0) is 16.8. The van der Waals surface area contributed by atoms with Crippen LogP contribution in [-0.4, -0.2) is 36.7 Å². The molecular formula is C15H16ClF2NO4. The lowest BCUT2D eigenvalue weighted by molar-refractivity contribution is -0.165. The van der Waals surface area contributed by atoms with Gasteiger partial charge in [-0.1, -0.05) is 11.6 Å². The maximum absolute atomic E-state index is 13.3. The molecule has 0 saturated carbocycles. The van der Waals surface area contributed by atoms with Gasteiger partial charge in [-0.05, 0) is 25.5 Å². The van der Waals surface area contributed by atoms with Crippen molar-refractivity contribution >= 4 is 17.5 Å². The van der Waals surface area contributed by atoms with Gasteiger partial charge in [-0.25, -0.2) is 5.06 Å². The van der Waals surface area contributed by atoms with Crippen LogP contribution in [0.3, 0.4) is 0 Å². The van der Waals surface area contributed by atoms with E-state index in [1.807, 2.05) is 0 Å². The van der Waals surface area contributed by atoms with Crippen LogP contribution in [0, 0.1) is 5.41 Å². The van der Waals surface area contributed by atoms with Gasteiger partial charge >= 0.3 is 5.92 Å². The highest BCUT2D eigenvalue weighted by molar-refractivity contribution is 6.31. The number of benzene rings is 1. The fraction of sp³-hybridized carbons (Fsp3) is 0.533. The Morgan fingerprint density at radius 3 is 2.35 bits per heavy atom. The van der Waals surface area contributed by atoms with E-state index in [9.17, 15) is 13.6 Å². The maximum Gasteiger partial charge on any atom is 0.314 e. The summed E-state index contributed by atoms with van der Waals surface area (Å²) < 4.78 is 36.8. The van der Waals surface area contributed by atoms with E-state index in [0.717, 1.165) is 0 Å². The van der Waals surface area contributed by atoms with Gasteiger partial charge in [0.15, 0.2) is 24.7 Å². The number of nitrogens with zero attached hydrogens (tertiary/aromatic N) is 1. The van der Waals surface area contributed by atoms with Gasteiger partial charge in [0.1, 0.15) is 0 Å². The SMILES string of the molecule is CC1(C)CON(Cc2cc3c(cc2Cl)OCC(F)(F)CO3)C1=O. The maximum atomic E-state index is 13.3. The molecular weight excluding hydrogens is 332 g/mol. The lowest BCUT2D eigenvalue weighted by Crippen LogP contribution is -2.30. The number of carbonyl (C=O) groups excluding carboxylic acids is 1. The van der Waals surface area contributed by atoms with E-state index in [1.54, 1.807) is 13.8 Å². The summed E-state index contributed by atoms with van der Waals surface area (Å²) in [7, 11) is 0. The van der Waals surface area contributed by atoms with E-state index >= 15 is 0 Å². The summed E-state index contributed by atoms with van der Waals surface area (Å²) >= 11 is 6.17. The van der Waals surface area contributed by atoms with Gasteiger partial charge in [-0.2, -0.15) is 8.78 Å². The summed E-state index contributed by atoms with van der Waals surface area (Å²) in [5, 5.41) is 1.51. The first-order valence-corrected chi connectivity index (χ1v) is 7.46. The van der Waals surface area contributed by atoms with Crippen molar-refractivity contribution in [3.63, 3.8) is 0 Å². The molecule has 23 heavy (non-hydrogen) atoms. The molecule has 0 radical (unpaired) electrons. The number of fused-ring (bicyclic) bond motifs is 1. The first kappa shape index (κ1) is 16.3. The highest BCUT2D eigenvalue weighted by Gasteiger charge is 2.41. The second kappa shape index (κ2) is 5.49. The second-order valence-electron chi connectivity index (χ2n) is 6.32. The van der Waals surface area contributed by atoms with Crippen LogP contribution in [0.4, 0.5) is 8.78 Å². The molecule has 0 aliphatic carbocycles. The number of alkyl halides is 2. The Hall–Kier alpha value is -1.60. The molecule has 126 valence electrons. The third-order valence-corrected chi connectivity index (χ3v) is 4.04. The highest BCUT2D eigenvalue weighted by atomic mass is 35.5. The molecule has 0 aromatic heterocycles. The molecule has 1 amide bonds. The molecule has 2 aliphatic rings. The lowest BCUT2D eigenvalue weighted by Gasteiger charge is -2.18. The van der Waals surface area contributed by atoms with Crippen LogP contribution in [0.15, 0.2) is 12.1 Å². The highest BCUT2D eigenvalue weighted by Crippen LogP contribution is 2.38. The van der Waals surface area contributed by atoms with Crippen molar-refractivity contribution < 1.29 is 27.9 Å². The minimum absolute atomic E-state index is 0.105. The zero-order valence-corrected chi connectivity index (χ0v) is 13.5. The molecule has 0 unspecified atom stereocenters. The topological polar surface area (TPSA) is 48.0 Å². The van der Waals surface area contributed by atoms with E-state index in [1.165, 1.54) is 17.2 Å². The third-order valence-electron chi connectivity index (χ3n) is 3.69. The Balaban J connectivity index is 1.83. The van der Waals surface area contributed by atoms with Gasteiger partial charge in [-0.15, -0.1) is 0 Å². The summed E-state index contributed by atoms with van der Waals surface area (Å²) in [6.07, 6.45) is 0. The number of hydrogen-bond donors (Lipinski definition) is 0. The zero-order valence-electron chi connectivity index (χ0n) is 12.7. The fourth-order valence-electron chi connectivity index (χ4n) is 2.30. The van der Waals surface area contributed by atoms with Crippen molar-refractivity contribution in [1.82, 2.24) is 5.06 Å². The predicted octanol–water partition coefficient (Wildman–Crippen LogP) is 3.05. The predicted molar refractivity (Wildman–Crippen MR) is 77.7 cm³/mol. The number of halogens is 3. The molecule has 2 heterocycles. The summed E-state index contributed by atoms with van der Waals surface area (Å²) in [4.78, 5) is 17.5. The lowest BCUT2D eigenvalue weighted by atomic mass is 9.95. The van der Waals surface area contributed by atoms with Crippen LogP contribution in [0.2, 0.25) is 5.02 Å². The van der Waals surface area contributed by atoms with E-state index in [-0.39, 0.29) is 30.6 Å². The third kappa shape index (κ3) is 3.21. The van der Waals surface area contributed by atoms with Gasteiger partial charge < -0.3 is 9.47 Å². The molecule has 0 atom stereocenters. The van der Waals surface area contributed by atoms with Crippen molar-refractivity contribution in [2.24, 2.45) is 5.41 Å². The van der Waals surface area contributed by atoms with Crippen molar-refractivity contribution in [1.29, 1.82) is 0 Å². The van der Waals surface area contributed by atoms with E-state index in [4.69, 9.17) is 25.9 Å². The van der Waals surface area contributed by atoms with Crippen LogP contribution >= 0.6 is 11.6 Å². The summed E-state index contributed by atoms with van der Waals surface area (Å²) in [5.41, 5.74) is -0.0647. The largest absolute Gasteiger partial charge is 0.483 e. The minimum atomic E-state index is -3.07. The molecule has 2 aliphatic heterocycles. The van der Waals surface area contributed by atoms with E-state index in [0.29, 0.717) is 10.6 Å². The molecule has 1 aromatic rings. The van der Waals surface area contributed by atoms with Gasteiger partial charge in [0.05, 0.1) is 18.6 Å². The molecule has 1 fully saturated rings. The Morgan fingerprint density at radius 1 is 1.17 bits per heavy atom. The van der Waals surface area contributed by atoms with Crippen molar-refractivity contribution in [3.05, 3.63) is 22.7 Å². The number of hydroxylamine groups is 2. The molecule has 8 heteroatoms. The number of rotatable bonds is 2. The number of hydrogen-bond acceptors (Lipinski definition) is 4. The monoisotopic (exact) mass is 347 g/mol. The Bertz CT molecular complexity index is 651. The van der Waals surface area contributed by atoms with Crippen LogP contribution < -0.4 is 9.47 Å². The van der Waals surface area contributed by atoms with Crippen molar-refractivity contribution in [2.45, 2.75) is 26.3 Å². The Kier molecular flexibility index (Phi) is 3.88. The van der Waals surface area contributed by atoms with Crippen molar-refractivity contribution in [2.75, 3.05) is 19.8 Å². The number of ether oxygens (including phenoxy) is 2. The molecule has 1 saturated heterocycles. The quantitative estimate of drug-likeness (QED) is 0.825. The molecule has 1 aromatic carbocycles. The Labute approximate surface area is 137 Å². The van der Waals surface area contributed by atoms with Gasteiger partial charge in [-0.3, -0.25) is 9.63 Å². The van der Waals surface area contributed by atoms with Gasteiger partial charge in [0.25, 0.3) is 5.91 Å². The van der Waals surface area contributed by atoms with Crippen LogP contribution in [-0.2, 0) is 16.2 Å². The molecule has 0 N–H and O–H groups in total. The first-order valence-electron chi connectivity index (χ1n) is 7.09. The van der Waals surface area contributed by atoms with Crippen molar-refractivity contribution in [3.8, 4) is 11.5 Å². The molecule has 0 bridgehead atoms. The minimum Gasteiger partial charge on any atom is -0.483 e. The smallest absolute Gasteiger partial charge is 0.314 e. The Morgan fingerprint density at radius 2 is 1.78 bits per heavy atom. The standard InChI is InChI=1S/C15H16ClF2NO4/c1-14(2)6-23-19(13(14)20)5-9-3-11-12(4-10(9)16)22-8-15(17,18)7-21-11/h3-4H,5-8H2,1-2H3. The average molecular weight is 348 g/mol. The van der Waals surface area contributed by atoms with Gasteiger partial charge in [0.2, 0.25) is 0 Å². The van der Waals surface area contributed by atoms with Gasteiger partial charge in [0, 0.05) is 11.1 Å². The number of carbonyl (C=O) groups is 1. The first-order chi connectivity index (χ1) is 10.7. The molecule has 5 nitrogen and oxygen atoms in total. The summed E-state index contributed by atoms with van der Waals surface area (Å²) in [5.74, 6) is -2.89.